The molecule has 0 aliphatic rings. The molecule has 3 aromatic rings. The predicted octanol–water partition coefficient (Wildman–Crippen LogP) is 3.28. The van der Waals surface area contributed by atoms with Gasteiger partial charge in [-0.2, -0.15) is 9.78 Å². The zero-order valence-corrected chi connectivity index (χ0v) is 17.7. The molecule has 0 spiro atoms. The molecule has 1 N–H and O–H groups in total. The van der Waals surface area contributed by atoms with Crippen LogP contribution in [0.4, 0.5) is 0 Å². The lowest BCUT2D eigenvalue weighted by atomic mass is 10.3. The Kier molecular flexibility index (Phi) is 6.63. The number of quaternary nitrogens is 1. The SMILES string of the molecule is CC(C)CSc1nn(C[NH+](C)Cc2cnn(-c3ccccc3)c2)c(=S)s1. The molecular formula is C18H24N5S3+. The topological polar surface area (TPSA) is 40.1 Å². The van der Waals surface area contributed by atoms with Gasteiger partial charge in [0.1, 0.15) is 6.54 Å². The van der Waals surface area contributed by atoms with Gasteiger partial charge in [-0.05, 0) is 30.3 Å². The van der Waals surface area contributed by atoms with Crippen molar-refractivity contribution in [2.24, 2.45) is 5.92 Å². The lowest BCUT2D eigenvalue weighted by molar-refractivity contribution is -0.917. The second-order valence-electron chi connectivity index (χ2n) is 6.76. The maximum atomic E-state index is 5.48. The first-order chi connectivity index (χ1) is 12.5. The van der Waals surface area contributed by atoms with Gasteiger partial charge in [-0.15, -0.1) is 5.10 Å². The summed E-state index contributed by atoms with van der Waals surface area (Å²) in [6, 6.07) is 10.2. The third kappa shape index (κ3) is 5.26. The zero-order chi connectivity index (χ0) is 18.5. The molecule has 1 unspecified atom stereocenters. The molecular weight excluding hydrogens is 382 g/mol. The summed E-state index contributed by atoms with van der Waals surface area (Å²) < 4.78 is 5.76. The Balaban J connectivity index is 1.60. The van der Waals surface area contributed by atoms with Gasteiger partial charge in [0.25, 0.3) is 0 Å². The number of rotatable bonds is 8. The number of hydrogen-bond acceptors (Lipinski definition) is 5. The van der Waals surface area contributed by atoms with Crippen LogP contribution in [-0.2, 0) is 13.2 Å². The van der Waals surface area contributed by atoms with Gasteiger partial charge in [-0.25, -0.2) is 4.68 Å². The van der Waals surface area contributed by atoms with Crippen LogP contribution >= 0.6 is 35.3 Å². The van der Waals surface area contributed by atoms with Crippen molar-refractivity contribution in [3.05, 3.63) is 52.2 Å². The molecule has 0 saturated carbocycles. The minimum absolute atomic E-state index is 0.653. The number of nitrogens with zero attached hydrogens (tertiary/aromatic N) is 4. The Morgan fingerprint density at radius 2 is 2.04 bits per heavy atom. The van der Waals surface area contributed by atoms with Crippen LogP contribution in [-0.4, -0.2) is 32.4 Å². The highest BCUT2D eigenvalue weighted by molar-refractivity contribution is 8.01. The third-order valence-electron chi connectivity index (χ3n) is 3.71. The van der Waals surface area contributed by atoms with Gasteiger partial charge in [0.05, 0.1) is 18.9 Å². The maximum absolute atomic E-state index is 5.48. The Hall–Kier alpha value is -1.48. The summed E-state index contributed by atoms with van der Waals surface area (Å²) >= 11 is 8.88. The van der Waals surface area contributed by atoms with E-state index in [1.165, 1.54) is 10.5 Å². The minimum atomic E-state index is 0.653. The summed E-state index contributed by atoms with van der Waals surface area (Å²) in [5, 5.41) is 9.14. The Morgan fingerprint density at radius 1 is 1.27 bits per heavy atom. The first kappa shape index (κ1) is 19.3. The van der Waals surface area contributed by atoms with Crippen LogP contribution in [0.15, 0.2) is 47.1 Å². The molecule has 0 aliphatic carbocycles. The Morgan fingerprint density at radius 3 is 2.77 bits per heavy atom. The van der Waals surface area contributed by atoms with Crippen LogP contribution in [0, 0.1) is 9.87 Å². The van der Waals surface area contributed by atoms with E-state index in [2.05, 4.69) is 49.4 Å². The molecule has 0 aliphatic heterocycles. The number of benzene rings is 1. The second-order valence-corrected chi connectivity index (χ2v) is 9.65. The van der Waals surface area contributed by atoms with Crippen LogP contribution < -0.4 is 4.90 Å². The molecule has 0 radical (unpaired) electrons. The quantitative estimate of drug-likeness (QED) is 0.460. The van der Waals surface area contributed by atoms with Gasteiger partial charge in [0.15, 0.2) is 15.0 Å². The van der Waals surface area contributed by atoms with Gasteiger partial charge < -0.3 is 4.90 Å². The first-order valence-corrected chi connectivity index (χ1v) is 10.8. The van der Waals surface area contributed by atoms with Gasteiger partial charge in [-0.1, -0.05) is 55.1 Å². The number of nitrogens with one attached hydrogen (secondary N) is 1. The molecule has 3 rings (SSSR count). The predicted molar refractivity (Wildman–Crippen MR) is 111 cm³/mol. The largest absolute Gasteiger partial charge is 0.315 e. The zero-order valence-electron chi connectivity index (χ0n) is 15.3. The maximum Gasteiger partial charge on any atom is 0.185 e. The van der Waals surface area contributed by atoms with Crippen molar-refractivity contribution >= 4 is 35.3 Å². The van der Waals surface area contributed by atoms with Crippen LogP contribution in [0.1, 0.15) is 19.4 Å². The van der Waals surface area contributed by atoms with E-state index in [1.807, 2.05) is 33.8 Å². The van der Waals surface area contributed by atoms with E-state index >= 15 is 0 Å². The van der Waals surface area contributed by atoms with Crippen molar-refractivity contribution in [1.82, 2.24) is 19.6 Å². The van der Waals surface area contributed by atoms with Gasteiger partial charge in [0.2, 0.25) is 0 Å². The molecule has 5 nitrogen and oxygen atoms in total. The molecule has 8 heteroatoms. The number of aromatic nitrogens is 4. The standard InChI is InChI=1S/C18H23N5S3/c1-14(2)12-25-17-20-23(18(24)26-17)13-21(3)10-15-9-19-22(11-15)16-7-5-4-6-8-16/h4-9,11,14H,10,12-13H2,1-3H3/p+1. The van der Waals surface area contributed by atoms with Crippen LogP contribution in [0.5, 0.6) is 0 Å². The molecule has 0 bridgehead atoms. The summed E-state index contributed by atoms with van der Waals surface area (Å²) in [5.41, 5.74) is 2.27. The Bertz CT molecular complexity index is 882. The molecule has 0 saturated heterocycles. The molecule has 2 heterocycles. The minimum Gasteiger partial charge on any atom is -0.315 e. The van der Waals surface area contributed by atoms with E-state index in [0.717, 1.165) is 32.9 Å². The highest BCUT2D eigenvalue weighted by Gasteiger charge is 2.11. The summed E-state index contributed by atoms with van der Waals surface area (Å²) in [4.78, 5) is 1.32. The second kappa shape index (κ2) is 8.94. The monoisotopic (exact) mass is 406 g/mol. The lowest BCUT2D eigenvalue weighted by Crippen LogP contribution is -3.06. The van der Waals surface area contributed by atoms with Crippen molar-refractivity contribution < 1.29 is 4.90 Å². The number of thioether (sulfide) groups is 1. The highest BCUT2D eigenvalue weighted by Crippen LogP contribution is 2.23. The normalized spacial score (nSPS) is 12.6. The lowest BCUT2D eigenvalue weighted by Gasteiger charge is -2.12. The molecule has 0 amide bonds. The van der Waals surface area contributed by atoms with Gasteiger partial charge in [-0.3, -0.25) is 0 Å². The molecule has 0 fully saturated rings. The smallest absolute Gasteiger partial charge is 0.185 e. The summed E-state index contributed by atoms with van der Waals surface area (Å²) in [6.07, 6.45) is 4.02. The number of hydrogen-bond donors (Lipinski definition) is 1. The fraction of sp³-hybridized carbons (Fsp3) is 0.389. The van der Waals surface area contributed by atoms with Crippen LogP contribution in [0.25, 0.3) is 5.69 Å². The van der Waals surface area contributed by atoms with Crippen LogP contribution in [0.3, 0.4) is 0 Å². The molecule has 26 heavy (non-hydrogen) atoms. The van der Waals surface area contributed by atoms with E-state index in [9.17, 15) is 0 Å². The van der Waals surface area contributed by atoms with Crippen molar-refractivity contribution in [2.45, 2.75) is 31.4 Å². The van der Waals surface area contributed by atoms with Crippen molar-refractivity contribution in [1.29, 1.82) is 0 Å². The molecule has 1 aromatic carbocycles. The summed E-state index contributed by atoms with van der Waals surface area (Å²) in [7, 11) is 2.15. The fourth-order valence-corrected chi connectivity index (χ4v) is 4.83. The van der Waals surface area contributed by atoms with Crippen molar-refractivity contribution in [3.8, 4) is 5.69 Å². The van der Waals surface area contributed by atoms with Crippen molar-refractivity contribution in [3.63, 3.8) is 0 Å². The van der Waals surface area contributed by atoms with Crippen LogP contribution in [0.2, 0.25) is 0 Å². The average Bonchev–Trinajstić information content (AvgIpc) is 3.21. The summed E-state index contributed by atoms with van der Waals surface area (Å²) in [5.74, 6) is 1.73. The molecule has 138 valence electrons. The average molecular weight is 407 g/mol. The summed E-state index contributed by atoms with van der Waals surface area (Å²) in [6.45, 7) is 6.07. The van der Waals surface area contributed by atoms with Crippen molar-refractivity contribution in [2.75, 3.05) is 12.8 Å². The van der Waals surface area contributed by atoms with E-state index in [4.69, 9.17) is 12.2 Å². The molecule has 2 aromatic heterocycles. The number of para-hydroxylation sites is 1. The highest BCUT2D eigenvalue weighted by atomic mass is 32.2. The molecule has 1 atom stereocenters. The van der Waals surface area contributed by atoms with E-state index in [-0.39, 0.29) is 0 Å². The third-order valence-corrected chi connectivity index (χ3v) is 6.58. The Labute approximate surface area is 167 Å². The fourth-order valence-electron chi connectivity index (χ4n) is 2.52. The van der Waals surface area contributed by atoms with E-state index in [1.54, 1.807) is 23.1 Å². The van der Waals surface area contributed by atoms with Gasteiger partial charge in [0, 0.05) is 17.5 Å². The van der Waals surface area contributed by atoms with E-state index < -0.39 is 0 Å². The first-order valence-electron chi connectivity index (χ1n) is 8.62. The van der Waals surface area contributed by atoms with E-state index in [0.29, 0.717) is 5.92 Å². The van der Waals surface area contributed by atoms with Gasteiger partial charge >= 0.3 is 0 Å².